The zero-order valence-electron chi connectivity index (χ0n) is 7.15. The van der Waals surface area contributed by atoms with Crippen LogP contribution in [0.5, 0.6) is 0 Å². The van der Waals surface area contributed by atoms with Crippen molar-refractivity contribution >= 4 is 6.29 Å². The minimum atomic E-state index is -2.56. The molecule has 0 saturated carbocycles. The summed E-state index contributed by atoms with van der Waals surface area (Å²) in [5.74, 6) is 0. The van der Waals surface area contributed by atoms with Gasteiger partial charge >= 0.3 is 0 Å². The molecule has 1 fully saturated rings. The third-order valence-corrected chi connectivity index (χ3v) is 2.25. The maximum Gasteiger partial charge on any atom is 0.199 e. The van der Waals surface area contributed by atoms with Gasteiger partial charge in [-0.05, 0) is 0 Å². The summed E-state index contributed by atoms with van der Waals surface area (Å²) >= 11 is 0. The van der Waals surface area contributed by atoms with Crippen LogP contribution >= 0.6 is 0 Å². The Kier molecular flexibility index (Phi) is 3.20. The fourth-order valence-corrected chi connectivity index (χ4v) is 1.26. The molecule has 0 radical (unpaired) electrons. The molecule has 7 heteroatoms. The van der Waals surface area contributed by atoms with E-state index in [1.54, 1.807) is 0 Å². The molecule has 0 spiro atoms. The number of ether oxygens (including phenoxy) is 1. The van der Waals surface area contributed by atoms with Gasteiger partial charge in [-0.15, -0.1) is 0 Å². The number of hydrogen-bond donors (Lipinski definition) is 5. The molecule has 1 rings (SSSR count). The smallest absolute Gasteiger partial charge is 0.199 e. The number of hydrogen-bond acceptors (Lipinski definition) is 7. The Labute approximate surface area is 79.2 Å². The molecule has 0 amide bonds. The number of aldehydes is 1. The van der Waals surface area contributed by atoms with Gasteiger partial charge in [-0.1, -0.05) is 0 Å². The second-order valence-corrected chi connectivity index (χ2v) is 3.15. The van der Waals surface area contributed by atoms with E-state index in [0.29, 0.717) is 0 Å². The molecule has 0 bridgehead atoms. The van der Waals surface area contributed by atoms with E-state index in [0.717, 1.165) is 0 Å². The van der Waals surface area contributed by atoms with Crippen LogP contribution in [-0.2, 0) is 9.53 Å². The third-order valence-electron chi connectivity index (χ3n) is 2.25. The third kappa shape index (κ3) is 1.54. The highest BCUT2D eigenvalue weighted by Crippen LogP contribution is 2.26. The van der Waals surface area contributed by atoms with Crippen molar-refractivity contribution in [2.24, 2.45) is 0 Å². The van der Waals surface area contributed by atoms with E-state index < -0.39 is 36.8 Å². The van der Waals surface area contributed by atoms with Gasteiger partial charge in [0.1, 0.15) is 18.3 Å². The van der Waals surface area contributed by atoms with Crippen LogP contribution < -0.4 is 0 Å². The Morgan fingerprint density at radius 3 is 2.36 bits per heavy atom. The molecule has 0 unspecified atom stereocenters. The molecular formula is C7H12O7. The molecule has 0 aliphatic carbocycles. The van der Waals surface area contributed by atoms with E-state index >= 15 is 0 Å². The molecule has 0 aromatic carbocycles. The molecule has 7 nitrogen and oxygen atoms in total. The summed E-state index contributed by atoms with van der Waals surface area (Å²) < 4.78 is 4.54. The highest BCUT2D eigenvalue weighted by atomic mass is 16.6. The number of rotatable bonds is 2. The van der Waals surface area contributed by atoms with E-state index in [2.05, 4.69) is 4.74 Å². The largest absolute Gasteiger partial charge is 0.394 e. The fraction of sp³-hybridized carbons (Fsp3) is 0.857. The predicted octanol–water partition coefficient (Wildman–Crippen LogP) is -3.65. The first-order chi connectivity index (χ1) is 6.47. The number of carbonyl (C=O) groups is 1. The summed E-state index contributed by atoms with van der Waals surface area (Å²) in [6, 6.07) is 0. The fourth-order valence-electron chi connectivity index (χ4n) is 1.26. The molecular weight excluding hydrogens is 196 g/mol. The Balaban J connectivity index is 2.90. The quantitative estimate of drug-likeness (QED) is 0.296. The summed E-state index contributed by atoms with van der Waals surface area (Å²) in [5, 5.41) is 45.7. The second-order valence-electron chi connectivity index (χ2n) is 3.15. The summed E-state index contributed by atoms with van der Waals surface area (Å²) in [4.78, 5) is 10.4. The van der Waals surface area contributed by atoms with Crippen molar-refractivity contribution in [3.8, 4) is 0 Å². The van der Waals surface area contributed by atoms with Crippen molar-refractivity contribution in [2.45, 2.75) is 30.2 Å². The molecule has 5 atom stereocenters. The maximum absolute atomic E-state index is 10.4. The lowest BCUT2D eigenvalue weighted by Crippen LogP contribution is -2.67. The number of carbonyl (C=O) groups excluding carboxylic acids is 1. The van der Waals surface area contributed by atoms with Crippen molar-refractivity contribution in [2.75, 3.05) is 6.61 Å². The summed E-state index contributed by atoms with van der Waals surface area (Å²) in [7, 11) is 0. The first-order valence-corrected chi connectivity index (χ1v) is 3.96. The Bertz CT molecular complexity index is 220. The standard InChI is InChI=1S/C7H12O7/c8-1-3-4(10)5(11)7(13,2-9)6(12)14-3/h2-6,8,10-13H,1H2/t3-,4-,5+,6+,7+/m1/s1. The molecule has 1 aliphatic heterocycles. The van der Waals surface area contributed by atoms with Gasteiger partial charge in [0.2, 0.25) is 0 Å². The lowest BCUT2D eigenvalue weighted by Gasteiger charge is -2.42. The van der Waals surface area contributed by atoms with Gasteiger partial charge in [0.25, 0.3) is 0 Å². The van der Waals surface area contributed by atoms with Gasteiger partial charge in [0.15, 0.2) is 18.2 Å². The predicted molar refractivity (Wildman–Crippen MR) is 41.0 cm³/mol. The zero-order valence-corrected chi connectivity index (χ0v) is 7.15. The van der Waals surface area contributed by atoms with Crippen LogP contribution in [0.1, 0.15) is 0 Å². The first kappa shape index (κ1) is 11.5. The van der Waals surface area contributed by atoms with Gasteiger partial charge in [0.05, 0.1) is 6.61 Å². The minimum absolute atomic E-state index is 0.112. The Morgan fingerprint density at radius 1 is 1.36 bits per heavy atom. The molecule has 14 heavy (non-hydrogen) atoms. The van der Waals surface area contributed by atoms with E-state index in [1.165, 1.54) is 0 Å². The van der Waals surface area contributed by atoms with Crippen LogP contribution in [0.25, 0.3) is 0 Å². The summed E-state index contributed by atoms with van der Waals surface area (Å²) in [6.45, 7) is -0.649. The molecule has 1 saturated heterocycles. The van der Waals surface area contributed by atoms with Crippen molar-refractivity contribution < 1.29 is 35.1 Å². The van der Waals surface area contributed by atoms with Crippen LogP contribution in [0.4, 0.5) is 0 Å². The molecule has 82 valence electrons. The molecule has 0 aromatic heterocycles. The zero-order chi connectivity index (χ0) is 10.9. The second kappa shape index (κ2) is 3.89. The highest BCUT2D eigenvalue weighted by Gasteiger charge is 2.54. The molecule has 1 heterocycles. The van der Waals surface area contributed by atoms with Crippen LogP contribution in [0.2, 0.25) is 0 Å². The van der Waals surface area contributed by atoms with E-state index in [9.17, 15) is 20.1 Å². The Hall–Kier alpha value is -0.570. The van der Waals surface area contributed by atoms with Crippen molar-refractivity contribution in [1.29, 1.82) is 0 Å². The van der Waals surface area contributed by atoms with Gasteiger partial charge in [-0.2, -0.15) is 0 Å². The van der Waals surface area contributed by atoms with Crippen LogP contribution in [0.15, 0.2) is 0 Å². The average molecular weight is 208 g/mol. The molecule has 1 aliphatic rings. The molecule has 5 N–H and O–H groups in total. The minimum Gasteiger partial charge on any atom is -0.394 e. The van der Waals surface area contributed by atoms with Gasteiger partial charge in [-0.3, -0.25) is 4.79 Å². The maximum atomic E-state index is 10.4. The van der Waals surface area contributed by atoms with E-state index in [-0.39, 0.29) is 6.29 Å². The van der Waals surface area contributed by atoms with E-state index in [4.69, 9.17) is 10.2 Å². The lowest BCUT2D eigenvalue weighted by molar-refractivity contribution is -0.313. The van der Waals surface area contributed by atoms with Crippen LogP contribution in [0, 0.1) is 0 Å². The molecule has 0 aromatic rings. The van der Waals surface area contributed by atoms with Crippen molar-refractivity contribution in [3.63, 3.8) is 0 Å². The van der Waals surface area contributed by atoms with Gasteiger partial charge in [0, 0.05) is 0 Å². The van der Waals surface area contributed by atoms with Gasteiger partial charge in [-0.25, -0.2) is 0 Å². The normalized spacial score (nSPS) is 48.9. The Morgan fingerprint density at radius 2 is 1.93 bits per heavy atom. The SMILES string of the molecule is O=C[C@@]1(O)[C@@H](O)O[C@H](CO)[C@@H](O)[C@@H]1O. The number of aliphatic hydroxyl groups excluding tert-OH is 4. The van der Waals surface area contributed by atoms with Crippen molar-refractivity contribution in [1.82, 2.24) is 0 Å². The van der Waals surface area contributed by atoms with E-state index in [1.807, 2.05) is 0 Å². The first-order valence-electron chi connectivity index (χ1n) is 3.96. The topological polar surface area (TPSA) is 127 Å². The summed E-state index contributed by atoms with van der Waals surface area (Å²) in [6.07, 6.45) is -6.87. The number of aliphatic hydroxyl groups is 5. The monoisotopic (exact) mass is 208 g/mol. The average Bonchev–Trinajstić information content (AvgIpc) is 2.20. The van der Waals surface area contributed by atoms with Crippen LogP contribution in [-0.4, -0.2) is 68.6 Å². The van der Waals surface area contributed by atoms with Gasteiger partial charge < -0.3 is 30.3 Å². The lowest BCUT2D eigenvalue weighted by atomic mass is 9.88. The summed E-state index contributed by atoms with van der Waals surface area (Å²) in [5.41, 5.74) is -2.56. The van der Waals surface area contributed by atoms with Crippen molar-refractivity contribution in [3.05, 3.63) is 0 Å². The highest BCUT2D eigenvalue weighted by molar-refractivity contribution is 5.64. The van der Waals surface area contributed by atoms with Crippen LogP contribution in [0.3, 0.4) is 0 Å².